The summed E-state index contributed by atoms with van der Waals surface area (Å²) in [4.78, 5) is 0. The summed E-state index contributed by atoms with van der Waals surface area (Å²) in [5.41, 5.74) is 8.65. The summed E-state index contributed by atoms with van der Waals surface area (Å²) in [7, 11) is 0. The number of benzene rings is 1. The van der Waals surface area contributed by atoms with Crippen LogP contribution < -0.4 is 5.73 Å². The molecular weight excluding hydrogens is 332 g/mol. The van der Waals surface area contributed by atoms with Crippen molar-refractivity contribution >= 4 is 33.4 Å². The third-order valence-electron chi connectivity index (χ3n) is 2.78. The van der Waals surface area contributed by atoms with Gasteiger partial charge in [-0.15, -0.1) is 0 Å². The minimum atomic E-state index is 0.0167. The number of nitrogens with two attached hydrogens (primary N) is 1. The van der Waals surface area contributed by atoms with Crippen molar-refractivity contribution in [1.82, 2.24) is 9.78 Å². The third-order valence-corrected chi connectivity index (χ3v) is 4.23. The standard InChI is InChI=1S/C12H12BrClN4O/c1-6-11(13)7(2)18(16-6)10-4-3-8(5-9(10)14)12(15)17-19/h3-5,19H,1-2H3,(H2,15,17). The van der Waals surface area contributed by atoms with Crippen LogP contribution in [0.1, 0.15) is 17.0 Å². The Kier molecular flexibility index (Phi) is 3.82. The minimum Gasteiger partial charge on any atom is -0.409 e. The molecule has 0 saturated carbocycles. The molecule has 1 heterocycles. The van der Waals surface area contributed by atoms with E-state index in [1.54, 1.807) is 22.9 Å². The van der Waals surface area contributed by atoms with E-state index in [-0.39, 0.29) is 5.84 Å². The molecule has 0 aliphatic heterocycles. The molecule has 7 heteroatoms. The number of oxime groups is 1. The van der Waals surface area contributed by atoms with Crippen LogP contribution in [0.25, 0.3) is 5.69 Å². The van der Waals surface area contributed by atoms with Gasteiger partial charge in [0.15, 0.2) is 5.84 Å². The average Bonchev–Trinajstić information content (AvgIpc) is 2.65. The summed E-state index contributed by atoms with van der Waals surface area (Å²) < 4.78 is 2.70. The molecule has 0 aliphatic carbocycles. The van der Waals surface area contributed by atoms with Crippen molar-refractivity contribution in [2.24, 2.45) is 10.9 Å². The lowest BCUT2D eigenvalue weighted by Gasteiger charge is -2.08. The van der Waals surface area contributed by atoms with E-state index in [1.165, 1.54) is 0 Å². The highest BCUT2D eigenvalue weighted by Gasteiger charge is 2.13. The quantitative estimate of drug-likeness (QED) is 0.381. The van der Waals surface area contributed by atoms with Gasteiger partial charge in [0, 0.05) is 5.56 Å². The number of amidine groups is 1. The molecule has 0 radical (unpaired) electrons. The number of halogens is 2. The third kappa shape index (κ3) is 2.46. The Morgan fingerprint density at radius 2 is 2.16 bits per heavy atom. The Bertz CT molecular complexity index is 666. The first kappa shape index (κ1) is 13.9. The van der Waals surface area contributed by atoms with Gasteiger partial charge >= 0.3 is 0 Å². The first-order chi connectivity index (χ1) is 8.95. The summed E-state index contributed by atoms with van der Waals surface area (Å²) in [5, 5.41) is 16.5. The van der Waals surface area contributed by atoms with Gasteiger partial charge in [-0.25, -0.2) is 4.68 Å². The number of rotatable bonds is 2. The Morgan fingerprint density at radius 3 is 2.63 bits per heavy atom. The molecule has 2 rings (SSSR count). The van der Waals surface area contributed by atoms with Gasteiger partial charge in [-0.1, -0.05) is 16.8 Å². The molecule has 0 unspecified atom stereocenters. The molecule has 2 aromatic rings. The molecule has 0 atom stereocenters. The largest absolute Gasteiger partial charge is 0.409 e. The number of aryl methyl sites for hydroxylation is 1. The molecule has 0 bridgehead atoms. The maximum absolute atomic E-state index is 8.65. The highest BCUT2D eigenvalue weighted by Crippen LogP contribution is 2.27. The van der Waals surface area contributed by atoms with Crippen LogP contribution in [0.2, 0.25) is 5.02 Å². The first-order valence-electron chi connectivity index (χ1n) is 5.45. The van der Waals surface area contributed by atoms with Crippen molar-refractivity contribution in [2.45, 2.75) is 13.8 Å². The Hall–Kier alpha value is -1.53. The SMILES string of the molecule is Cc1nn(-c2ccc(C(N)=NO)cc2Cl)c(C)c1Br. The van der Waals surface area contributed by atoms with Crippen LogP contribution in [-0.4, -0.2) is 20.8 Å². The zero-order chi connectivity index (χ0) is 14.2. The van der Waals surface area contributed by atoms with Gasteiger partial charge < -0.3 is 10.9 Å². The number of aromatic nitrogens is 2. The molecule has 0 saturated heterocycles. The zero-order valence-corrected chi connectivity index (χ0v) is 12.7. The summed E-state index contributed by atoms with van der Waals surface area (Å²) in [6.45, 7) is 3.85. The molecule has 0 aliphatic rings. The molecular formula is C12H12BrClN4O. The van der Waals surface area contributed by atoms with Crippen LogP contribution in [0.15, 0.2) is 27.8 Å². The fraction of sp³-hybridized carbons (Fsp3) is 0.167. The maximum atomic E-state index is 8.65. The van der Waals surface area contributed by atoms with Crippen molar-refractivity contribution in [2.75, 3.05) is 0 Å². The van der Waals surface area contributed by atoms with Crippen LogP contribution in [0.5, 0.6) is 0 Å². The molecule has 0 fully saturated rings. The molecule has 5 nitrogen and oxygen atoms in total. The van der Waals surface area contributed by atoms with Crippen LogP contribution >= 0.6 is 27.5 Å². The number of hydrogen-bond donors (Lipinski definition) is 2. The summed E-state index contributed by atoms with van der Waals surface area (Å²) in [6.07, 6.45) is 0. The maximum Gasteiger partial charge on any atom is 0.170 e. The second-order valence-electron chi connectivity index (χ2n) is 4.05. The summed E-state index contributed by atoms with van der Waals surface area (Å²) in [6, 6.07) is 5.14. The molecule has 0 spiro atoms. The van der Waals surface area contributed by atoms with E-state index in [0.29, 0.717) is 10.6 Å². The van der Waals surface area contributed by atoms with Crippen molar-refractivity contribution in [3.05, 3.63) is 44.6 Å². The Labute approximate surface area is 123 Å². The Morgan fingerprint density at radius 1 is 1.47 bits per heavy atom. The highest BCUT2D eigenvalue weighted by atomic mass is 79.9. The van der Waals surface area contributed by atoms with Crippen molar-refractivity contribution in [3.8, 4) is 5.69 Å². The monoisotopic (exact) mass is 342 g/mol. The predicted molar refractivity (Wildman–Crippen MR) is 78.3 cm³/mol. The van der Waals surface area contributed by atoms with Crippen molar-refractivity contribution in [1.29, 1.82) is 0 Å². The predicted octanol–water partition coefficient (Wildman–Crippen LogP) is 3.00. The van der Waals surface area contributed by atoms with E-state index >= 15 is 0 Å². The van der Waals surface area contributed by atoms with E-state index in [9.17, 15) is 0 Å². The topological polar surface area (TPSA) is 76.4 Å². The van der Waals surface area contributed by atoms with E-state index in [2.05, 4.69) is 26.2 Å². The number of nitrogens with zero attached hydrogens (tertiary/aromatic N) is 3. The van der Waals surface area contributed by atoms with Gasteiger partial charge in [-0.3, -0.25) is 0 Å². The fourth-order valence-corrected chi connectivity index (χ4v) is 2.26. The van der Waals surface area contributed by atoms with E-state index < -0.39 is 0 Å². The van der Waals surface area contributed by atoms with Crippen molar-refractivity contribution < 1.29 is 5.21 Å². The van der Waals surface area contributed by atoms with Gasteiger partial charge in [0.2, 0.25) is 0 Å². The molecule has 3 N–H and O–H groups in total. The normalized spacial score (nSPS) is 11.9. The highest BCUT2D eigenvalue weighted by molar-refractivity contribution is 9.10. The van der Waals surface area contributed by atoms with E-state index in [1.807, 2.05) is 13.8 Å². The summed E-state index contributed by atoms with van der Waals surface area (Å²) >= 11 is 9.70. The average molecular weight is 344 g/mol. The van der Waals surface area contributed by atoms with Gasteiger partial charge in [-0.2, -0.15) is 5.10 Å². The summed E-state index contributed by atoms with van der Waals surface area (Å²) in [5.74, 6) is 0.0167. The molecule has 19 heavy (non-hydrogen) atoms. The van der Waals surface area contributed by atoms with E-state index in [4.69, 9.17) is 22.5 Å². The van der Waals surface area contributed by atoms with Gasteiger partial charge in [-0.05, 0) is 48.0 Å². The van der Waals surface area contributed by atoms with Crippen LogP contribution in [0.3, 0.4) is 0 Å². The fourth-order valence-electron chi connectivity index (χ4n) is 1.75. The first-order valence-corrected chi connectivity index (χ1v) is 6.62. The van der Waals surface area contributed by atoms with Crippen molar-refractivity contribution in [3.63, 3.8) is 0 Å². The van der Waals surface area contributed by atoms with Gasteiger partial charge in [0.05, 0.1) is 26.6 Å². The lowest BCUT2D eigenvalue weighted by Crippen LogP contribution is -2.13. The lowest BCUT2D eigenvalue weighted by atomic mass is 10.2. The second kappa shape index (κ2) is 5.22. The smallest absolute Gasteiger partial charge is 0.170 e. The van der Waals surface area contributed by atoms with Crippen LogP contribution in [0, 0.1) is 13.8 Å². The van der Waals surface area contributed by atoms with Gasteiger partial charge in [0.1, 0.15) is 0 Å². The zero-order valence-electron chi connectivity index (χ0n) is 10.4. The van der Waals surface area contributed by atoms with E-state index in [0.717, 1.165) is 21.5 Å². The Balaban J connectivity index is 2.55. The second-order valence-corrected chi connectivity index (χ2v) is 5.25. The number of hydrogen-bond acceptors (Lipinski definition) is 3. The van der Waals surface area contributed by atoms with Crippen LogP contribution in [0.4, 0.5) is 0 Å². The molecule has 0 amide bonds. The molecule has 1 aromatic carbocycles. The molecule has 100 valence electrons. The van der Waals surface area contributed by atoms with Crippen LogP contribution in [-0.2, 0) is 0 Å². The lowest BCUT2D eigenvalue weighted by molar-refractivity contribution is 0.318. The minimum absolute atomic E-state index is 0.0167. The van der Waals surface area contributed by atoms with Gasteiger partial charge in [0.25, 0.3) is 0 Å². The molecule has 1 aromatic heterocycles.